The number of pyridine rings is 1. The zero-order valence-electron chi connectivity index (χ0n) is 20.4. The van der Waals surface area contributed by atoms with Gasteiger partial charge < -0.3 is 25.7 Å². The van der Waals surface area contributed by atoms with Crippen LogP contribution in [0.2, 0.25) is 0 Å². The fraction of sp³-hybridized carbons (Fsp3) is 0.231. The molecule has 11 nitrogen and oxygen atoms in total. The number of amidine groups is 1. The van der Waals surface area contributed by atoms with Crippen LogP contribution >= 0.6 is 0 Å². The van der Waals surface area contributed by atoms with Gasteiger partial charge in [-0.1, -0.05) is 24.3 Å². The van der Waals surface area contributed by atoms with Gasteiger partial charge in [-0.3, -0.25) is 10.4 Å². The number of benzene rings is 2. The van der Waals surface area contributed by atoms with E-state index in [0.29, 0.717) is 47.3 Å². The second-order valence-corrected chi connectivity index (χ2v) is 8.78. The summed E-state index contributed by atoms with van der Waals surface area (Å²) >= 11 is 0. The van der Waals surface area contributed by atoms with Crippen molar-refractivity contribution in [2.75, 3.05) is 19.6 Å². The number of fused-ring (bicyclic) bond motifs is 1. The third-order valence-corrected chi connectivity index (χ3v) is 6.24. The van der Waals surface area contributed by atoms with Gasteiger partial charge in [0.25, 0.3) is 0 Å². The molecule has 2 aromatic heterocycles. The molecular formula is C26H27N7O4. The SMILES string of the molecule is COc1cc(C(Cc2ccc(C(=N)N)cc2)c2nn(-c3nc(C)ccc3N)c(=O)[nH]2)cc2c1OCOC2. The lowest BCUT2D eigenvalue weighted by atomic mass is 9.89. The molecule has 3 heterocycles. The number of methoxy groups -OCH3 is 1. The van der Waals surface area contributed by atoms with Crippen molar-refractivity contribution in [3.8, 4) is 17.3 Å². The summed E-state index contributed by atoms with van der Waals surface area (Å²) in [4.78, 5) is 20.3. The number of rotatable bonds is 7. The Morgan fingerprint density at radius 3 is 2.76 bits per heavy atom. The molecule has 190 valence electrons. The maximum Gasteiger partial charge on any atom is 0.349 e. The number of nitrogens with two attached hydrogens (primary N) is 2. The number of anilines is 1. The van der Waals surface area contributed by atoms with Crippen LogP contribution in [0.3, 0.4) is 0 Å². The van der Waals surface area contributed by atoms with E-state index in [1.165, 1.54) is 4.68 Å². The largest absolute Gasteiger partial charge is 0.493 e. The lowest BCUT2D eigenvalue weighted by Crippen LogP contribution is -2.19. The van der Waals surface area contributed by atoms with E-state index < -0.39 is 5.69 Å². The van der Waals surface area contributed by atoms with Gasteiger partial charge in [-0.25, -0.2) is 9.78 Å². The first kappa shape index (κ1) is 24.1. The first-order valence-corrected chi connectivity index (χ1v) is 11.6. The van der Waals surface area contributed by atoms with Gasteiger partial charge in [-0.05, 0) is 48.7 Å². The van der Waals surface area contributed by atoms with Gasteiger partial charge in [-0.15, -0.1) is 5.10 Å². The number of hydrogen-bond donors (Lipinski definition) is 4. The van der Waals surface area contributed by atoms with Gasteiger partial charge >= 0.3 is 5.69 Å². The van der Waals surface area contributed by atoms with Crippen molar-refractivity contribution in [2.24, 2.45) is 5.73 Å². The van der Waals surface area contributed by atoms with Crippen molar-refractivity contribution in [1.29, 1.82) is 5.41 Å². The van der Waals surface area contributed by atoms with Crippen LogP contribution in [0.1, 0.15) is 39.7 Å². The normalized spacial score (nSPS) is 13.5. The molecule has 1 aliphatic rings. The highest BCUT2D eigenvalue weighted by molar-refractivity contribution is 5.94. The van der Waals surface area contributed by atoms with Gasteiger partial charge in [0.05, 0.1) is 19.4 Å². The Balaban J connectivity index is 1.62. The minimum Gasteiger partial charge on any atom is -0.493 e. The molecule has 1 unspecified atom stereocenters. The van der Waals surface area contributed by atoms with Crippen molar-refractivity contribution in [3.05, 3.63) is 92.8 Å². The fourth-order valence-corrected chi connectivity index (χ4v) is 4.35. The number of nitrogens with one attached hydrogen (secondary N) is 2. The average molecular weight is 502 g/mol. The van der Waals surface area contributed by atoms with Crippen molar-refractivity contribution >= 4 is 11.5 Å². The van der Waals surface area contributed by atoms with E-state index >= 15 is 0 Å². The highest BCUT2D eigenvalue weighted by Gasteiger charge is 2.26. The molecular weight excluding hydrogens is 474 g/mol. The Hall–Kier alpha value is -4.64. The summed E-state index contributed by atoms with van der Waals surface area (Å²) < 4.78 is 18.0. The van der Waals surface area contributed by atoms with Gasteiger partial charge in [0, 0.05) is 22.7 Å². The quantitative estimate of drug-likeness (QED) is 0.221. The summed E-state index contributed by atoms with van der Waals surface area (Å²) in [6.07, 6.45) is 0.492. The highest BCUT2D eigenvalue weighted by atomic mass is 16.7. The first-order valence-electron chi connectivity index (χ1n) is 11.6. The number of hydrogen-bond acceptors (Lipinski definition) is 8. The number of H-pyrrole nitrogens is 1. The molecule has 4 aromatic rings. The van der Waals surface area contributed by atoms with E-state index in [1.54, 1.807) is 31.4 Å². The van der Waals surface area contributed by atoms with Crippen LogP contribution in [0.4, 0.5) is 5.69 Å². The Morgan fingerprint density at radius 1 is 1.24 bits per heavy atom. The number of aryl methyl sites for hydroxylation is 1. The van der Waals surface area contributed by atoms with Crippen molar-refractivity contribution in [2.45, 2.75) is 25.9 Å². The van der Waals surface area contributed by atoms with E-state index in [1.807, 2.05) is 31.2 Å². The lowest BCUT2D eigenvalue weighted by molar-refractivity contribution is -0.0180. The standard InChI is InChI=1S/C26H27N7O4/c1-14-3-8-20(27)25(30-14)33-26(34)31-24(32-33)19(9-15-4-6-16(7-5-15)23(28)29)17-10-18-12-36-13-37-22(18)21(11-17)35-2/h3-8,10-11,19H,9,12-13,27H2,1-2H3,(H3,28,29)(H,31,32,34). The van der Waals surface area contributed by atoms with Crippen LogP contribution in [0.5, 0.6) is 11.5 Å². The maximum absolute atomic E-state index is 13.0. The summed E-state index contributed by atoms with van der Waals surface area (Å²) in [5.74, 6) is 1.53. The van der Waals surface area contributed by atoms with Crippen LogP contribution < -0.4 is 26.6 Å². The molecule has 2 aromatic carbocycles. The second kappa shape index (κ2) is 9.78. The van der Waals surface area contributed by atoms with Crippen molar-refractivity contribution < 1.29 is 14.2 Å². The molecule has 1 aliphatic heterocycles. The summed E-state index contributed by atoms with van der Waals surface area (Å²) in [7, 11) is 1.58. The summed E-state index contributed by atoms with van der Waals surface area (Å²) in [6.45, 7) is 2.34. The monoisotopic (exact) mass is 501 g/mol. The van der Waals surface area contributed by atoms with Gasteiger partial charge in [0.15, 0.2) is 24.1 Å². The van der Waals surface area contributed by atoms with E-state index in [-0.39, 0.29) is 24.4 Å². The van der Waals surface area contributed by atoms with E-state index in [2.05, 4.69) is 15.1 Å². The van der Waals surface area contributed by atoms with Crippen LogP contribution in [0.15, 0.2) is 53.3 Å². The van der Waals surface area contributed by atoms with E-state index in [0.717, 1.165) is 16.7 Å². The smallest absolute Gasteiger partial charge is 0.349 e. The molecule has 0 fully saturated rings. The second-order valence-electron chi connectivity index (χ2n) is 8.78. The van der Waals surface area contributed by atoms with Crippen molar-refractivity contribution in [1.82, 2.24) is 19.7 Å². The molecule has 0 saturated heterocycles. The Labute approximate surface area is 212 Å². The Morgan fingerprint density at radius 2 is 2.03 bits per heavy atom. The molecule has 0 bridgehead atoms. The minimum absolute atomic E-state index is 0.00570. The van der Waals surface area contributed by atoms with Crippen molar-refractivity contribution in [3.63, 3.8) is 0 Å². The third kappa shape index (κ3) is 4.76. The fourth-order valence-electron chi connectivity index (χ4n) is 4.35. The summed E-state index contributed by atoms with van der Waals surface area (Å²) in [5.41, 5.74) is 15.6. The zero-order chi connectivity index (χ0) is 26.1. The summed E-state index contributed by atoms with van der Waals surface area (Å²) in [6, 6.07) is 14.7. The molecule has 0 spiro atoms. The van der Waals surface area contributed by atoms with E-state index in [4.69, 9.17) is 31.1 Å². The van der Waals surface area contributed by atoms with Crippen LogP contribution in [0.25, 0.3) is 5.82 Å². The molecule has 37 heavy (non-hydrogen) atoms. The number of aromatic nitrogens is 4. The molecule has 11 heteroatoms. The molecule has 5 rings (SSSR count). The van der Waals surface area contributed by atoms with Crippen LogP contribution in [-0.2, 0) is 17.8 Å². The molecule has 6 N–H and O–H groups in total. The molecule has 0 radical (unpaired) electrons. The highest BCUT2D eigenvalue weighted by Crippen LogP contribution is 2.39. The van der Waals surface area contributed by atoms with Gasteiger partial charge in [-0.2, -0.15) is 4.68 Å². The summed E-state index contributed by atoms with van der Waals surface area (Å²) in [5, 5.41) is 12.3. The average Bonchev–Trinajstić information content (AvgIpc) is 3.29. The maximum atomic E-state index is 13.0. The Kier molecular flexibility index (Phi) is 6.36. The third-order valence-electron chi connectivity index (χ3n) is 6.24. The number of aromatic amines is 1. The molecule has 0 saturated carbocycles. The number of nitrogens with zero attached hydrogens (tertiary/aromatic N) is 3. The van der Waals surface area contributed by atoms with Gasteiger partial charge in [0.1, 0.15) is 11.7 Å². The van der Waals surface area contributed by atoms with Crippen LogP contribution in [-0.4, -0.2) is 39.5 Å². The first-order chi connectivity index (χ1) is 17.8. The van der Waals surface area contributed by atoms with E-state index in [9.17, 15) is 4.79 Å². The van der Waals surface area contributed by atoms with Crippen LogP contribution in [0, 0.1) is 12.3 Å². The predicted molar refractivity (Wildman–Crippen MR) is 137 cm³/mol. The molecule has 0 aliphatic carbocycles. The Bertz CT molecular complexity index is 1510. The predicted octanol–water partition coefficient (Wildman–Crippen LogP) is 2.38. The van der Waals surface area contributed by atoms with Gasteiger partial charge in [0.2, 0.25) is 0 Å². The lowest BCUT2D eigenvalue weighted by Gasteiger charge is -2.23. The molecule has 0 amide bonds. The number of nitrogen functional groups attached to an aromatic ring is 2. The topological polar surface area (TPSA) is 167 Å². The number of ether oxygens (including phenoxy) is 3. The minimum atomic E-state index is -0.451. The molecule has 1 atom stereocenters. The zero-order valence-corrected chi connectivity index (χ0v) is 20.4.